The summed E-state index contributed by atoms with van der Waals surface area (Å²) in [4.78, 5) is 13.0. The minimum atomic E-state index is -5.03. The molecule has 0 atom stereocenters. The molecule has 0 bridgehead atoms. The van der Waals surface area contributed by atoms with Gasteiger partial charge in [0.05, 0.1) is 12.1 Å². The molecule has 2 heterocycles. The highest BCUT2D eigenvalue weighted by atomic mass is 32.1. The second kappa shape index (κ2) is 7.54. The smallest absolute Gasteiger partial charge is 0.326 e. The average Bonchev–Trinajstić information content (AvgIpc) is 3.22. The number of benzene rings is 1. The molecule has 0 fully saturated rings. The number of hydrogen-bond donors (Lipinski definition) is 1. The summed E-state index contributed by atoms with van der Waals surface area (Å²) in [6.45, 7) is 1.87. The number of carbonyl (C=O) groups is 1. The second-order valence-electron chi connectivity index (χ2n) is 6.12. The van der Waals surface area contributed by atoms with Crippen LogP contribution in [-0.4, -0.2) is 15.7 Å². The molecule has 1 aromatic carbocycles. The number of thiophene rings is 1. The first-order chi connectivity index (χ1) is 13.4. The van der Waals surface area contributed by atoms with Crippen molar-refractivity contribution in [2.45, 2.75) is 25.7 Å². The molecule has 11 heteroatoms. The first kappa shape index (κ1) is 20.9. The zero-order chi connectivity index (χ0) is 21.4. The maximum atomic E-state index is 13.1. The first-order valence-electron chi connectivity index (χ1n) is 8.13. The van der Waals surface area contributed by atoms with E-state index < -0.39 is 23.7 Å². The summed E-state index contributed by atoms with van der Waals surface area (Å²) in [5, 5.41) is 7.50. The molecular weight excluding hydrogens is 420 g/mol. The second-order valence-corrected chi connectivity index (χ2v) is 7.12. The average molecular weight is 433 g/mol. The van der Waals surface area contributed by atoms with Crippen molar-refractivity contribution in [1.29, 1.82) is 0 Å². The Morgan fingerprint density at radius 1 is 1.07 bits per heavy atom. The lowest BCUT2D eigenvalue weighted by atomic mass is 10.2. The molecular formula is C18H13F6N3OS. The third-order valence-electron chi connectivity index (χ3n) is 3.98. The molecule has 0 unspecified atom stereocenters. The molecule has 0 aliphatic heterocycles. The van der Waals surface area contributed by atoms with Gasteiger partial charge in [0.15, 0.2) is 5.69 Å². The molecule has 4 nitrogen and oxygen atoms in total. The number of alkyl halides is 6. The number of aromatic nitrogens is 2. The van der Waals surface area contributed by atoms with E-state index in [-0.39, 0.29) is 28.8 Å². The predicted molar refractivity (Wildman–Crippen MR) is 95.0 cm³/mol. The summed E-state index contributed by atoms with van der Waals surface area (Å²) >= 11 is 1.43. The number of aryl methyl sites for hydroxylation is 1. The largest absolute Gasteiger partial charge is 0.435 e. The normalized spacial score (nSPS) is 12.2. The minimum absolute atomic E-state index is 0.0426. The molecule has 0 saturated carbocycles. The van der Waals surface area contributed by atoms with Crippen molar-refractivity contribution in [2.24, 2.45) is 0 Å². The lowest BCUT2D eigenvalue weighted by Crippen LogP contribution is -2.15. The third kappa shape index (κ3) is 4.78. The van der Waals surface area contributed by atoms with Crippen LogP contribution in [-0.2, 0) is 23.6 Å². The number of amides is 1. The highest BCUT2D eigenvalue weighted by molar-refractivity contribution is 7.10. The highest BCUT2D eigenvalue weighted by Crippen LogP contribution is 2.36. The van der Waals surface area contributed by atoms with Crippen LogP contribution in [0.15, 0.2) is 41.8 Å². The summed E-state index contributed by atoms with van der Waals surface area (Å²) in [6, 6.07) is 6.72. The van der Waals surface area contributed by atoms with Crippen molar-refractivity contribution in [3.63, 3.8) is 0 Å². The van der Waals surface area contributed by atoms with E-state index in [4.69, 9.17) is 0 Å². The number of halogens is 6. The summed E-state index contributed by atoms with van der Waals surface area (Å²) in [5.74, 6) is -0.322. The number of anilines is 1. The number of rotatable bonds is 4. The fraction of sp³-hybridized carbons (Fsp3) is 0.222. The van der Waals surface area contributed by atoms with Crippen LogP contribution in [0.2, 0.25) is 0 Å². The zero-order valence-corrected chi connectivity index (χ0v) is 15.5. The molecule has 3 aromatic rings. The van der Waals surface area contributed by atoms with Crippen molar-refractivity contribution < 1.29 is 31.1 Å². The molecule has 0 aliphatic carbocycles. The van der Waals surface area contributed by atoms with Gasteiger partial charge in [0.1, 0.15) is 5.69 Å². The van der Waals surface area contributed by atoms with E-state index in [9.17, 15) is 31.1 Å². The highest BCUT2D eigenvalue weighted by Gasteiger charge is 2.42. The molecule has 29 heavy (non-hydrogen) atoms. The van der Waals surface area contributed by atoms with E-state index in [1.807, 2.05) is 18.4 Å². The van der Waals surface area contributed by atoms with E-state index in [1.54, 1.807) is 0 Å². The third-order valence-corrected chi connectivity index (χ3v) is 5.00. The molecule has 1 amide bonds. The Morgan fingerprint density at radius 3 is 2.24 bits per heavy atom. The minimum Gasteiger partial charge on any atom is -0.326 e. The van der Waals surface area contributed by atoms with Crippen LogP contribution in [0.25, 0.3) is 5.69 Å². The fourth-order valence-electron chi connectivity index (χ4n) is 2.54. The van der Waals surface area contributed by atoms with Crippen molar-refractivity contribution in [2.75, 3.05) is 5.32 Å². The van der Waals surface area contributed by atoms with Crippen molar-refractivity contribution >= 4 is 22.9 Å². The molecule has 1 N–H and O–H groups in total. The fourth-order valence-corrected chi connectivity index (χ4v) is 3.45. The Kier molecular flexibility index (Phi) is 5.44. The van der Waals surface area contributed by atoms with E-state index >= 15 is 0 Å². The van der Waals surface area contributed by atoms with Gasteiger partial charge in [0.2, 0.25) is 5.91 Å². The quantitative estimate of drug-likeness (QED) is 0.556. The Bertz CT molecular complexity index is 1020. The monoisotopic (exact) mass is 433 g/mol. The van der Waals surface area contributed by atoms with Gasteiger partial charge in [0.25, 0.3) is 0 Å². The Balaban J connectivity index is 1.82. The number of carbonyl (C=O) groups excluding carboxylic acids is 1. The van der Waals surface area contributed by atoms with Gasteiger partial charge in [-0.2, -0.15) is 31.4 Å². The van der Waals surface area contributed by atoms with E-state index in [0.717, 1.165) is 22.6 Å². The molecule has 154 valence electrons. The molecule has 0 saturated heterocycles. The first-order valence-corrected chi connectivity index (χ1v) is 9.01. The van der Waals surface area contributed by atoms with Gasteiger partial charge in [-0.3, -0.25) is 4.79 Å². The summed E-state index contributed by atoms with van der Waals surface area (Å²) in [6.07, 6.45) is -9.90. The summed E-state index contributed by atoms with van der Waals surface area (Å²) in [7, 11) is 0. The van der Waals surface area contributed by atoms with Crippen LogP contribution in [0.4, 0.5) is 32.0 Å². The van der Waals surface area contributed by atoms with Gasteiger partial charge >= 0.3 is 12.4 Å². The van der Waals surface area contributed by atoms with Gasteiger partial charge < -0.3 is 5.32 Å². The maximum absolute atomic E-state index is 13.1. The van der Waals surface area contributed by atoms with E-state index in [0.29, 0.717) is 5.69 Å². The standard InChI is InChI=1S/C18H13F6N3OS/c1-10-6-7-29-13(10)8-16(28)25-11-2-4-12(5-3-11)27-15(18(22,23)24)9-14(26-27)17(19,20)21/h2-7,9H,8H2,1H3,(H,25,28). The van der Waals surface area contributed by atoms with Crippen molar-refractivity contribution in [1.82, 2.24) is 9.78 Å². The Hall–Kier alpha value is -2.82. The summed E-state index contributed by atoms with van der Waals surface area (Å²) in [5.41, 5.74) is -2.15. The van der Waals surface area contributed by atoms with Crippen LogP contribution < -0.4 is 5.32 Å². The molecule has 3 rings (SSSR count). The van der Waals surface area contributed by atoms with Crippen molar-refractivity contribution in [3.05, 3.63) is 63.6 Å². The van der Waals surface area contributed by atoms with Gasteiger partial charge in [-0.25, -0.2) is 4.68 Å². The van der Waals surface area contributed by atoms with E-state index in [2.05, 4.69) is 10.4 Å². The number of nitrogens with zero attached hydrogens (tertiary/aromatic N) is 2. The number of hydrogen-bond acceptors (Lipinski definition) is 3. The molecule has 0 spiro atoms. The van der Waals surface area contributed by atoms with Crippen LogP contribution in [0.1, 0.15) is 21.8 Å². The van der Waals surface area contributed by atoms with E-state index in [1.165, 1.54) is 23.5 Å². The van der Waals surface area contributed by atoms with Crippen LogP contribution >= 0.6 is 11.3 Å². The van der Waals surface area contributed by atoms with Crippen molar-refractivity contribution in [3.8, 4) is 5.69 Å². The maximum Gasteiger partial charge on any atom is 0.435 e. The Labute approximate surface area is 164 Å². The molecule has 0 radical (unpaired) electrons. The van der Waals surface area contributed by atoms with Crippen LogP contribution in [0.5, 0.6) is 0 Å². The van der Waals surface area contributed by atoms with Gasteiger partial charge in [-0.15, -0.1) is 11.3 Å². The van der Waals surface area contributed by atoms with Gasteiger partial charge in [-0.05, 0) is 48.2 Å². The molecule has 2 aromatic heterocycles. The van der Waals surface area contributed by atoms with Gasteiger partial charge in [-0.1, -0.05) is 0 Å². The van der Waals surface area contributed by atoms with Crippen LogP contribution in [0, 0.1) is 6.92 Å². The predicted octanol–water partition coefficient (Wildman–Crippen LogP) is 5.46. The van der Waals surface area contributed by atoms with Crippen LogP contribution in [0.3, 0.4) is 0 Å². The Morgan fingerprint density at radius 2 is 1.72 bits per heavy atom. The van der Waals surface area contributed by atoms with Gasteiger partial charge in [0, 0.05) is 16.6 Å². The summed E-state index contributed by atoms with van der Waals surface area (Å²) < 4.78 is 77.9. The molecule has 0 aliphatic rings. The lowest BCUT2D eigenvalue weighted by Gasteiger charge is -2.11. The SMILES string of the molecule is Cc1ccsc1CC(=O)Nc1ccc(-n2nc(C(F)(F)F)cc2C(F)(F)F)cc1. The lowest BCUT2D eigenvalue weighted by molar-refractivity contribution is -0.143. The zero-order valence-electron chi connectivity index (χ0n) is 14.7. The topological polar surface area (TPSA) is 46.9 Å². The number of nitrogens with one attached hydrogen (secondary N) is 1.